The van der Waals surface area contributed by atoms with Crippen molar-refractivity contribution in [2.24, 2.45) is 0 Å². The zero-order valence-electron chi connectivity index (χ0n) is 15.4. The van der Waals surface area contributed by atoms with E-state index in [1.165, 1.54) is 30.0 Å². The summed E-state index contributed by atoms with van der Waals surface area (Å²) in [4.78, 5) is 27.8. The van der Waals surface area contributed by atoms with E-state index in [2.05, 4.69) is 0 Å². The Morgan fingerprint density at radius 3 is 2.30 bits per heavy atom. The summed E-state index contributed by atoms with van der Waals surface area (Å²) in [6.07, 6.45) is 0. The Morgan fingerprint density at radius 2 is 1.70 bits per heavy atom. The SMILES string of the molecule is CC(=O)N1[C@@H](CO)[C@@H](c2ccccc2)[C@@H]1CN(C)C(=O)c1ccccc1F. The summed E-state index contributed by atoms with van der Waals surface area (Å²) >= 11 is 0. The Balaban J connectivity index is 1.84. The van der Waals surface area contributed by atoms with Gasteiger partial charge in [0.15, 0.2) is 0 Å². The molecule has 1 aliphatic rings. The molecule has 0 aromatic heterocycles. The van der Waals surface area contributed by atoms with Crippen LogP contribution in [0.4, 0.5) is 4.39 Å². The fourth-order valence-electron chi connectivity index (χ4n) is 3.94. The molecule has 2 aromatic carbocycles. The molecule has 3 rings (SSSR count). The first-order valence-corrected chi connectivity index (χ1v) is 8.90. The van der Waals surface area contributed by atoms with Crippen molar-refractivity contribution in [1.29, 1.82) is 0 Å². The van der Waals surface area contributed by atoms with Gasteiger partial charge in [-0.15, -0.1) is 0 Å². The highest BCUT2D eigenvalue weighted by molar-refractivity contribution is 5.94. The highest BCUT2D eigenvalue weighted by Crippen LogP contribution is 2.41. The number of halogens is 1. The number of hydrogen-bond donors (Lipinski definition) is 1. The summed E-state index contributed by atoms with van der Waals surface area (Å²) in [7, 11) is 1.60. The normalized spacial score (nSPS) is 21.5. The molecule has 0 radical (unpaired) electrons. The van der Waals surface area contributed by atoms with E-state index in [4.69, 9.17) is 0 Å². The quantitative estimate of drug-likeness (QED) is 0.878. The lowest BCUT2D eigenvalue weighted by Crippen LogP contribution is -2.68. The third-order valence-electron chi connectivity index (χ3n) is 5.19. The first-order valence-electron chi connectivity index (χ1n) is 8.90. The number of hydrogen-bond acceptors (Lipinski definition) is 3. The number of carbonyl (C=O) groups is 2. The van der Waals surface area contributed by atoms with E-state index < -0.39 is 11.7 Å². The molecule has 0 bridgehead atoms. The predicted octanol–water partition coefficient (Wildman–Crippen LogP) is 2.27. The Bertz CT molecular complexity index is 827. The fourth-order valence-corrected chi connectivity index (χ4v) is 3.94. The van der Waals surface area contributed by atoms with Crippen LogP contribution in [-0.4, -0.2) is 59.0 Å². The number of nitrogens with zero attached hydrogens (tertiary/aromatic N) is 2. The van der Waals surface area contributed by atoms with E-state index in [-0.39, 0.29) is 42.6 Å². The second kappa shape index (κ2) is 7.88. The van der Waals surface area contributed by atoms with Crippen LogP contribution in [0.3, 0.4) is 0 Å². The summed E-state index contributed by atoms with van der Waals surface area (Å²) in [5.41, 5.74) is 1.01. The number of carbonyl (C=O) groups excluding carboxylic acids is 2. The van der Waals surface area contributed by atoms with E-state index in [1.54, 1.807) is 18.0 Å². The highest BCUT2D eigenvalue weighted by atomic mass is 19.1. The van der Waals surface area contributed by atoms with Crippen molar-refractivity contribution in [1.82, 2.24) is 9.80 Å². The number of likely N-dealkylation sites (N-methyl/N-ethyl adjacent to an activating group) is 1. The van der Waals surface area contributed by atoms with E-state index in [0.29, 0.717) is 0 Å². The predicted molar refractivity (Wildman–Crippen MR) is 99.7 cm³/mol. The van der Waals surface area contributed by atoms with Crippen LogP contribution in [0.25, 0.3) is 0 Å². The number of likely N-dealkylation sites (tertiary alicyclic amines) is 1. The maximum Gasteiger partial charge on any atom is 0.256 e. The van der Waals surface area contributed by atoms with Crippen LogP contribution in [0.5, 0.6) is 0 Å². The first kappa shape index (κ1) is 19.0. The molecule has 27 heavy (non-hydrogen) atoms. The lowest BCUT2D eigenvalue weighted by Gasteiger charge is -2.55. The standard InChI is InChI=1S/C21H23FN2O3/c1-14(26)24-18(20(19(24)13-25)15-8-4-3-5-9-15)12-23(2)21(27)16-10-6-7-11-17(16)22/h3-11,18-20,25H,12-13H2,1-2H3/t18-,19-,20-/m0/s1. The molecule has 1 N–H and O–H groups in total. The zero-order chi connectivity index (χ0) is 19.6. The van der Waals surface area contributed by atoms with Crippen molar-refractivity contribution >= 4 is 11.8 Å². The van der Waals surface area contributed by atoms with Crippen LogP contribution in [-0.2, 0) is 4.79 Å². The number of aliphatic hydroxyl groups is 1. The first-order chi connectivity index (χ1) is 13.0. The van der Waals surface area contributed by atoms with Gasteiger partial charge in [-0.05, 0) is 17.7 Å². The van der Waals surface area contributed by atoms with Gasteiger partial charge in [0.05, 0.1) is 24.3 Å². The van der Waals surface area contributed by atoms with Crippen molar-refractivity contribution in [2.75, 3.05) is 20.2 Å². The van der Waals surface area contributed by atoms with Gasteiger partial charge in [-0.3, -0.25) is 9.59 Å². The van der Waals surface area contributed by atoms with Crippen molar-refractivity contribution in [3.63, 3.8) is 0 Å². The fraction of sp³-hybridized carbons (Fsp3) is 0.333. The molecule has 1 aliphatic heterocycles. The Kier molecular flexibility index (Phi) is 5.56. The molecule has 3 atom stereocenters. The third kappa shape index (κ3) is 3.57. The maximum atomic E-state index is 14.0. The monoisotopic (exact) mass is 370 g/mol. The van der Waals surface area contributed by atoms with Crippen LogP contribution in [0.1, 0.15) is 28.8 Å². The van der Waals surface area contributed by atoms with Gasteiger partial charge in [0.2, 0.25) is 5.91 Å². The minimum Gasteiger partial charge on any atom is -0.394 e. The Morgan fingerprint density at radius 1 is 1.07 bits per heavy atom. The summed E-state index contributed by atoms with van der Waals surface area (Å²) in [6.45, 7) is 1.55. The minimum absolute atomic E-state index is 0.00340. The molecule has 1 heterocycles. The molecule has 0 unspecified atom stereocenters. The van der Waals surface area contributed by atoms with Crippen LogP contribution in [0, 0.1) is 5.82 Å². The van der Waals surface area contributed by atoms with Gasteiger partial charge < -0.3 is 14.9 Å². The molecule has 1 fully saturated rings. The van der Waals surface area contributed by atoms with Crippen LogP contribution in [0.2, 0.25) is 0 Å². The molecule has 2 amide bonds. The molecule has 1 saturated heterocycles. The summed E-state index contributed by atoms with van der Waals surface area (Å²) < 4.78 is 14.0. The number of amides is 2. The van der Waals surface area contributed by atoms with Gasteiger partial charge in [0.25, 0.3) is 5.91 Å². The topological polar surface area (TPSA) is 60.9 Å². The van der Waals surface area contributed by atoms with Gasteiger partial charge in [0, 0.05) is 26.4 Å². The number of rotatable bonds is 5. The van der Waals surface area contributed by atoms with E-state index in [9.17, 15) is 19.1 Å². The summed E-state index contributed by atoms with van der Waals surface area (Å²) in [5, 5.41) is 9.79. The number of aliphatic hydroxyl groups excluding tert-OH is 1. The van der Waals surface area contributed by atoms with Gasteiger partial charge in [-0.25, -0.2) is 4.39 Å². The smallest absolute Gasteiger partial charge is 0.256 e. The van der Waals surface area contributed by atoms with Crippen molar-refractivity contribution < 1.29 is 19.1 Å². The van der Waals surface area contributed by atoms with Crippen molar-refractivity contribution in [2.45, 2.75) is 24.9 Å². The van der Waals surface area contributed by atoms with E-state index in [0.717, 1.165) is 5.56 Å². The zero-order valence-corrected chi connectivity index (χ0v) is 15.4. The van der Waals surface area contributed by atoms with Crippen molar-refractivity contribution in [3.8, 4) is 0 Å². The van der Waals surface area contributed by atoms with Crippen LogP contribution >= 0.6 is 0 Å². The lowest BCUT2D eigenvalue weighted by atomic mass is 9.75. The molecule has 142 valence electrons. The summed E-state index contributed by atoms with van der Waals surface area (Å²) in [5.74, 6) is -1.25. The molecule has 2 aromatic rings. The van der Waals surface area contributed by atoms with Crippen LogP contribution < -0.4 is 0 Å². The lowest BCUT2D eigenvalue weighted by molar-refractivity contribution is -0.148. The van der Waals surface area contributed by atoms with Gasteiger partial charge in [-0.1, -0.05) is 42.5 Å². The minimum atomic E-state index is -0.570. The second-order valence-corrected chi connectivity index (χ2v) is 6.85. The molecule has 5 nitrogen and oxygen atoms in total. The molecule has 6 heteroatoms. The maximum absolute atomic E-state index is 14.0. The second-order valence-electron chi connectivity index (χ2n) is 6.85. The molecule has 0 spiro atoms. The van der Waals surface area contributed by atoms with Gasteiger partial charge >= 0.3 is 0 Å². The molecular weight excluding hydrogens is 347 g/mol. The van der Waals surface area contributed by atoms with Crippen LogP contribution in [0.15, 0.2) is 54.6 Å². The number of benzene rings is 2. The molecule has 0 saturated carbocycles. The molecule has 0 aliphatic carbocycles. The van der Waals surface area contributed by atoms with Gasteiger partial charge in [0.1, 0.15) is 5.82 Å². The molecular formula is C21H23FN2O3. The summed E-state index contributed by atoms with van der Waals surface area (Å²) in [6, 6.07) is 14.9. The van der Waals surface area contributed by atoms with Gasteiger partial charge in [-0.2, -0.15) is 0 Å². The average Bonchev–Trinajstić information content (AvgIpc) is 2.65. The van der Waals surface area contributed by atoms with E-state index >= 15 is 0 Å². The highest BCUT2D eigenvalue weighted by Gasteiger charge is 2.50. The average molecular weight is 370 g/mol. The third-order valence-corrected chi connectivity index (χ3v) is 5.19. The Labute approximate surface area is 158 Å². The van der Waals surface area contributed by atoms with Crippen molar-refractivity contribution in [3.05, 3.63) is 71.5 Å². The Hall–Kier alpha value is -2.73. The largest absolute Gasteiger partial charge is 0.394 e. The van der Waals surface area contributed by atoms with E-state index in [1.807, 2.05) is 30.3 Å².